The van der Waals surface area contributed by atoms with Crippen molar-refractivity contribution < 1.29 is 27.9 Å². The Kier molecular flexibility index (Phi) is 6.42. The quantitative estimate of drug-likeness (QED) is 0.743. The zero-order valence-electron chi connectivity index (χ0n) is 16.8. The van der Waals surface area contributed by atoms with Gasteiger partial charge in [0.25, 0.3) is 0 Å². The number of pyridine rings is 1. The molecule has 2 fully saturated rings. The second-order valence-corrected chi connectivity index (χ2v) is 7.60. The molecule has 2 aromatic heterocycles. The first-order valence-corrected chi connectivity index (χ1v) is 9.65. The van der Waals surface area contributed by atoms with Crippen LogP contribution in [0.3, 0.4) is 0 Å². The van der Waals surface area contributed by atoms with Gasteiger partial charge in [-0.15, -0.1) is 0 Å². The number of carbonyl (C=O) groups is 2. The van der Waals surface area contributed by atoms with Crippen molar-refractivity contribution in [3.63, 3.8) is 0 Å². The third-order valence-corrected chi connectivity index (χ3v) is 5.48. The number of aryl methyl sites for hydroxylation is 1. The molecule has 0 saturated carbocycles. The number of nitrogens with one attached hydrogen (secondary N) is 1. The number of aliphatic carboxylic acids is 1. The lowest BCUT2D eigenvalue weighted by Crippen LogP contribution is -2.53. The Balaban J connectivity index is 0.000000339. The van der Waals surface area contributed by atoms with Gasteiger partial charge in [0.05, 0.1) is 5.54 Å². The molecule has 8 nitrogen and oxygen atoms in total. The molecule has 0 bridgehead atoms. The lowest BCUT2D eigenvalue weighted by atomic mass is 9.75. The first-order valence-electron chi connectivity index (χ1n) is 9.65. The van der Waals surface area contributed by atoms with Crippen molar-refractivity contribution in [2.75, 3.05) is 18.0 Å². The fraction of sp³-hybridized carbons (Fsp3) is 0.450. The van der Waals surface area contributed by atoms with Gasteiger partial charge >= 0.3 is 12.1 Å². The van der Waals surface area contributed by atoms with Gasteiger partial charge in [-0.1, -0.05) is 6.07 Å². The van der Waals surface area contributed by atoms with Gasteiger partial charge in [0.15, 0.2) is 0 Å². The van der Waals surface area contributed by atoms with Gasteiger partial charge in [-0.25, -0.2) is 14.8 Å². The number of carbonyl (C=O) groups excluding carboxylic acids is 1. The Morgan fingerprint density at radius 1 is 1.23 bits per heavy atom. The van der Waals surface area contributed by atoms with E-state index < -0.39 is 12.1 Å². The Morgan fingerprint density at radius 2 is 1.84 bits per heavy atom. The van der Waals surface area contributed by atoms with Crippen LogP contribution >= 0.6 is 0 Å². The van der Waals surface area contributed by atoms with Crippen LogP contribution in [0.4, 0.5) is 19.1 Å². The summed E-state index contributed by atoms with van der Waals surface area (Å²) >= 11 is 0. The van der Waals surface area contributed by atoms with E-state index in [4.69, 9.17) is 9.90 Å². The van der Waals surface area contributed by atoms with Gasteiger partial charge in [-0.2, -0.15) is 13.2 Å². The van der Waals surface area contributed by atoms with Crippen LogP contribution in [0.1, 0.15) is 36.3 Å². The minimum atomic E-state index is -5.08. The summed E-state index contributed by atoms with van der Waals surface area (Å²) in [5, 5.41) is 10.4. The van der Waals surface area contributed by atoms with Crippen molar-refractivity contribution in [1.82, 2.24) is 20.3 Å². The summed E-state index contributed by atoms with van der Waals surface area (Å²) in [6, 6.07) is 4.02. The minimum absolute atomic E-state index is 0.142. The summed E-state index contributed by atoms with van der Waals surface area (Å²) in [7, 11) is 0. The van der Waals surface area contributed by atoms with E-state index in [2.05, 4.69) is 31.2 Å². The van der Waals surface area contributed by atoms with Crippen molar-refractivity contribution in [1.29, 1.82) is 0 Å². The van der Waals surface area contributed by atoms with E-state index in [0.717, 1.165) is 43.0 Å². The van der Waals surface area contributed by atoms with Gasteiger partial charge in [0.1, 0.15) is 0 Å². The van der Waals surface area contributed by atoms with Crippen molar-refractivity contribution in [2.24, 2.45) is 0 Å². The molecule has 166 valence electrons. The molecule has 2 N–H and O–H groups in total. The number of rotatable bonds is 2. The molecule has 11 heteroatoms. The summed E-state index contributed by atoms with van der Waals surface area (Å²) in [4.78, 5) is 36.3. The highest BCUT2D eigenvalue weighted by molar-refractivity contribution is 5.81. The molecule has 4 rings (SSSR count). The van der Waals surface area contributed by atoms with E-state index in [9.17, 15) is 18.0 Å². The fourth-order valence-electron chi connectivity index (χ4n) is 3.94. The summed E-state index contributed by atoms with van der Waals surface area (Å²) in [5.74, 6) is -1.64. The maximum absolute atomic E-state index is 12.1. The predicted octanol–water partition coefficient (Wildman–Crippen LogP) is 2.46. The molecule has 0 aliphatic carbocycles. The van der Waals surface area contributed by atoms with Crippen molar-refractivity contribution in [3.8, 4) is 0 Å². The number of carboxylic acids is 1. The van der Waals surface area contributed by atoms with E-state index in [0.29, 0.717) is 6.42 Å². The third-order valence-electron chi connectivity index (χ3n) is 5.48. The first-order chi connectivity index (χ1) is 14.6. The van der Waals surface area contributed by atoms with E-state index in [1.165, 1.54) is 0 Å². The lowest BCUT2D eigenvalue weighted by molar-refractivity contribution is -0.192. The van der Waals surface area contributed by atoms with Crippen LogP contribution in [0, 0.1) is 6.92 Å². The third kappa shape index (κ3) is 5.28. The van der Waals surface area contributed by atoms with Gasteiger partial charge in [-0.05, 0) is 37.0 Å². The molecule has 0 radical (unpaired) electrons. The summed E-state index contributed by atoms with van der Waals surface area (Å²) in [6.07, 6.45) is 4.63. The Hall–Kier alpha value is -3.24. The smallest absolute Gasteiger partial charge is 0.475 e. The number of halogens is 3. The number of hydrogen-bond donors (Lipinski definition) is 2. The minimum Gasteiger partial charge on any atom is -0.475 e. The number of amides is 1. The summed E-state index contributed by atoms with van der Waals surface area (Å²) < 4.78 is 31.7. The van der Waals surface area contributed by atoms with Crippen LogP contribution in [0.25, 0.3) is 0 Å². The number of nitrogens with zero attached hydrogens (tertiary/aromatic N) is 4. The fourth-order valence-corrected chi connectivity index (χ4v) is 3.94. The Labute approximate surface area is 176 Å². The van der Waals surface area contributed by atoms with Crippen LogP contribution in [-0.2, 0) is 9.59 Å². The highest BCUT2D eigenvalue weighted by atomic mass is 19.4. The SMILES string of the molecule is Cc1cnc(N2CCC3(CC2)NC(=O)CC3c2cccnc2)nc1.O=C(O)C(F)(F)F. The second-order valence-electron chi connectivity index (χ2n) is 7.60. The second kappa shape index (κ2) is 8.86. The van der Waals surface area contributed by atoms with Crippen LogP contribution in [0.5, 0.6) is 0 Å². The molecule has 2 aliphatic heterocycles. The molecule has 2 saturated heterocycles. The van der Waals surface area contributed by atoms with Gasteiger partial charge in [-0.3, -0.25) is 9.78 Å². The maximum Gasteiger partial charge on any atom is 0.490 e. The van der Waals surface area contributed by atoms with Crippen molar-refractivity contribution in [2.45, 2.75) is 43.8 Å². The van der Waals surface area contributed by atoms with Crippen LogP contribution in [0.15, 0.2) is 36.9 Å². The number of hydrogen-bond acceptors (Lipinski definition) is 6. The van der Waals surface area contributed by atoms with Gasteiger partial charge in [0.2, 0.25) is 11.9 Å². The average Bonchev–Trinajstić information content (AvgIpc) is 3.05. The highest BCUT2D eigenvalue weighted by Crippen LogP contribution is 2.43. The molecule has 1 amide bonds. The van der Waals surface area contributed by atoms with Gasteiger partial charge < -0.3 is 15.3 Å². The van der Waals surface area contributed by atoms with E-state index in [1.807, 2.05) is 31.6 Å². The molecule has 0 aromatic carbocycles. The topological polar surface area (TPSA) is 108 Å². The number of aromatic nitrogens is 3. The van der Waals surface area contributed by atoms with E-state index >= 15 is 0 Å². The molecular formula is C20H22F3N5O3. The molecule has 2 aliphatic rings. The molecule has 1 unspecified atom stereocenters. The summed E-state index contributed by atoms with van der Waals surface area (Å²) in [6.45, 7) is 3.68. The molecule has 2 aromatic rings. The van der Waals surface area contributed by atoms with Crippen LogP contribution in [-0.4, -0.2) is 56.7 Å². The molecule has 4 heterocycles. The molecule has 1 spiro atoms. The largest absolute Gasteiger partial charge is 0.490 e. The Morgan fingerprint density at radius 3 is 2.35 bits per heavy atom. The van der Waals surface area contributed by atoms with E-state index in [1.54, 1.807) is 6.20 Å². The molecule has 1 atom stereocenters. The van der Waals surface area contributed by atoms with Crippen LogP contribution < -0.4 is 10.2 Å². The van der Waals surface area contributed by atoms with Crippen molar-refractivity contribution in [3.05, 3.63) is 48.0 Å². The average molecular weight is 437 g/mol. The first kappa shape index (κ1) is 22.4. The predicted molar refractivity (Wildman–Crippen MR) is 104 cm³/mol. The van der Waals surface area contributed by atoms with Crippen LogP contribution in [0.2, 0.25) is 0 Å². The molecular weight excluding hydrogens is 415 g/mol. The summed E-state index contributed by atoms with van der Waals surface area (Å²) in [5.41, 5.74) is 2.05. The molecule has 31 heavy (non-hydrogen) atoms. The number of anilines is 1. The number of alkyl halides is 3. The highest BCUT2D eigenvalue weighted by Gasteiger charge is 2.49. The number of piperidine rings is 1. The van der Waals surface area contributed by atoms with Gasteiger partial charge in [0, 0.05) is 50.2 Å². The number of carboxylic acid groups (broad SMARTS) is 1. The standard InChI is InChI=1S/C18H21N5O.C2HF3O2/c1-13-10-20-17(21-11-13)23-7-4-18(5-8-23)15(9-16(24)22-18)14-3-2-6-19-12-14;3-2(4,5)1(6)7/h2-3,6,10-12,15H,4-5,7-9H2,1H3,(H,22,24);(H,6,7). The zero-order valence-corrected chi connectivity index (χ0v) is 16.8. The van der Waals surface area contributed by atoms with E-state index in [-0.39, 0.29) is 17.4 Å². The lowest BCUT2D eigenvalue weighted by Gasteiger charge is -2.42. The Bertz CT molecular complexity index is 914. The maximum atomic E-state index is 12.1. The monoisotopic (exact) mass is 437 g/mol. The zero-order chi connectivity index (χ0) is 22.6. The normalized spacial score (nSPS) is 20.1. The van der Waals surface area contributed by atoms with Crippen molar-refractivity contribution >= 4 is 17.8 Å².